The summed E-state index contributed by atoms with van der Waals surface area (Å²) < 4.78 is 66.4. The first-order valence-corrected chi connectivity index (χ1v) is 7.39. The lowest BCUT2D eigenvalue weighted by molar-refractivity contribution is 0.175. The third-order valence-electron chi connectivity index (χ3n) is 3.72. The Balaban J connectivity index is 2.16. The fourth-order valence-corrected chi connectivity index (χ4v) is 2.63. The molecule has 2 aromatic rings. The molecule has 0 saturated carbocycles. The van der Waals surface area contributed by atoms with Gasteiger partial charge < -0.3 is 0 Å². The van der Waals surface area contributed by atoms with Crippen molar-refractivity contribution in [2.24, 2.45) is 5.10 Å². The van der Waals surface area contributed by atoms with Crippen molar-refractivity contribution in [3.8, 4) is 11.1 Å². The molecule has 0 fully saturated rings. The van der Waals surface area contributed by atoms with E-state index in [-0.39, 0.29) is 5.56 Å². The number of halogens is 6. The lowest BCUT2D eigenvalue weighted by Gasteiger charge is -2.23. The first kappa shape index (κ1) is 17.6. The summed E-state index contributed by atoms with van der Waals surface area (Å²) in [5.74, 6) is -4.29. The highest BCUT2D eigenvalue weighted by Gasteiger charge is 2.42. The van der Waals surface area contributed by atoms with Gasteiger partial charge in [-0.1, -0.05) is 17.2 Å². The third kappa shape index (κ3) is 3.17. The largest absolute Gasteiger partial charge is 0.370 e. The monoisotopic (exact) mass is 372 g/mol. The summed E-state index contributed by atoms with van der Waals surface area (Å²) in [4.78, 5) is 0. The number of hydrogen-bond donors (Lipinski definition) is 0. The highest BCUT2D eigenvalue weighted by atomic mass is 35.5. The van der Waals surface area contributed by atoms with Crippen LogP contribution in [0, 0.1) is 23.5 Å². The molecular formula is C17H10ClF5N2+. The molecule has 0 aliphatic carbocycles. The maximum Gasteiger partial charge on any atom is 0.370 e. The van der Waals surface area contributed by atoms with Gasteiger partial charge in [0.2, 0.25) is 0 Å². The van der Waals surface area contributed by atoms with Crippen molar-refractivity contribution in [2.45, 2.75) is 5.38 Å². The lowest BCUT2D eigenvalue weighted by atomic mass is 10.0. The molecule has 1 unspecified atom stereocenters. The molecule has 1 heterocycles. The number of nitrogens with zero attached hydrogens (tertiary/aromatic N) is 2. The topological polar surface area (TPSA) is 12.4 Å². The molecule has 0 spiro atoms. The molecule has 25 heavy (non-hydrogen) atoms. The van der Waals surface area contributed by atoms with Crippen LogP contribution < -0.4 is 4.59 Å². The third-order valence-corrected chi connectivity index (χ3v) is 3.89. The Morgan fingerprint density at radius 3 is 2.24 bits per heavy atom. The summed E-state index contributed by atoms with van der Waals surface area (Å²) in [6.45, 7) is 0. The van der Waals surface area contributed by atoms with Gasteiger partial charge in [-0.3, -0.25) is 0 Å². The minimum absolute atomic E-state index is 0.0426. The summed E-state index contributed by atoms with van der Waals surface area (Å²) in [6.07, 6.45) is 3.54. The number of benzene rings is 2. The van der Waals surface area contributed by atoms with E-state index in [1.807, 2.05) is 0 Å². The van der Waals surface area contributed by atoms with Crippen molar-refractivity contribution in [3.05, 3.63) is 66.1 Å². The molecule has 0 N–H and O–H groups in total. The predicted molar refractivity (Wildman–Crippen MR) is 85.5 cm³/mol. The van der Waals surface area contributed by atoms with Gasteiger partial charge in [-0.05, 0) is 35.4 Å². The molecule has 3 rings (SSSR count). The summed E-state index contributed by atoms with van der Waals surface area (Å²) in [5, 5.41) is 0.155. The summed E-state index contributed by atoms with van der Waals surface area (Å²) in [5.41, 5.74) is -0.0935. The molecule has 0 aromatic heterocycles. The second-order valence-electron chi connectivity index (χ2n) is 5.52. The second-order valence-corrected chi connectivity index (χ2v) is 5.99. The number of hydrogen-bond acceptors (Lipinski definition) is 1. The van der Waals surface area contributed by atoms with E-state index >= 15 is 0 Å². The Kier molecular flexibility index (Phi) is 4.17. The fourth-order valence-electron chi connectivity index (χ4n) is 2.54. The number of quaternary nitrogens is 1. The maximum absolute atomic E-state index is 13.6. The molecule has 129 valence electrons. The van der Waals surface area contributed by atoms with Gasteiger partial charge in [0.05, 0.1) is 6.08 Å². The predicted octanol–water partition coefficient (Wildman–Crippen LogP) is 5.23. The Morgan fingerprint density at radius 1 is 1.08 bits per heavy atom. The van der Waals surface area contributed by atoms with Crippen LogP contribution in [0.2, 0.25) is 0 Å². The molecule has 0 amide bonds. The van der Waals surface area contributed by atoms with Gasteiger partial charge in [-0.2, -0.15) is 8.78 Å². The van der Waals surface area contributed by atoms with E-state index in [2.05, 4.69) is 11.2 Å². The molecule has 0 bridgehead atoms. The van der Waals surface area contributed by atoms with Crippen LogP contribution in [0.3, 0.4) is 0 Å². The van der Waals surface area contributed by atoms with Crippen LogP contribution in [-0.4, -0.2) is 18.1 Å². The Morgan fingerprint density at radius 2 is 1.68 bits per heavy atom. The first-order chi connectivity index (χ1) is 11.6. The zero-order valence-electron chi connectivity index (χ0n) is 12.7. The van der Waals surface area contributed by atoms with Crippen LogP contribution in [0.4, 0.5) is 27.6 Å². The minimum atomic E-state index is -3.70. The van der Waals surface area contributed by atoms with Crippen LogP contribution in [0.15, 0.2) is 47.7 Å². The van der Waals surface area contributed by atoms with Crippen molar-refractivity contribution in [1.82, 2.24) is 4.59 Å². The van der Waals surface area contributed by atoms with Crippen molar-refractivity contribution in [1.29, 1.82) is 0 Å². The lowest BCUT2D eigenvalue weighted by Crippen LogP contribution is -2.32. The SMILES string of the molecule is C[N+]1(c2ccccc2-c2cc(F)c(F)c(F)c2)C=[C]C(C(F)(F)Cl)=N1. The Hall–Kier alpha value is -2.25. The number of rotatable bonds is 3. The van der Waals surface area contributed by atoms with Crippen LogP contribution in [0.5, 0.6) is 0 Å². The smallest absolute Gasteiger partial charge is 0.204 e. The van der Waals surface area contributed by atoms with E-state index in [4.69, 9.17) is 11.6 Å². The molecule has 0 saturated heterocycles. The normalized spacial score (nSPS) is 20.0. The van der Waals surface area contributed by atoms with Crippen molar-refractivity contribution in [3.63, 3.8) is 0 Å². The molecule has 1 radical (unpaired) electrons. The summed E-state index contributed by atoms with van der Waals surface area (Å²) in [6, 6.07) is 7.92. The standard InChI is InChI=1S/C17H10ClF5N2/c1-25(7-6-15(24-25)17(18,22)23)14-5-3-2-4-11(14)10-8-12(19)16(21)13(20)9-10/h2-5,7-9H,1H3/q+1. The van der Waals surface area contributed by atoms with E-state index in [1.54, 1.807) is 18.2 Å². The van der Waals surface area contributed by atoms with Crippen molar-refractivity contribution >= 4 is 23.0 Å². The van der Waals surface area contributed by atoms with E-state index in [1.165, 1.54) is 19.3 Å². The van der Waals surface area contributed by atoms with Crippen molar-refractivity contribution in [2.75, 3.05) is 7.05 Å². The molecule has 2 aromatic carbocycles. The van der Waals surface area contributed by atoms with Crippen LogP contribution >= 0.6 is 11.6 Å². The number of allylic oxidation sites excluding steroid dienone is 1. The zero-order valence-corrected chi connectivity index (χ0v) is 13.5. The fraction of sp³-hybridized carbons (Fsp3) is 0.118. The Labute approximate surface area is 145 Å². The van der Waals surface area contributed by atoms with Gasteiger partial charge in [0.1, 0.15) is 13.2 Å². The van der Waals surface area contributed by atoms with Crippen LogP contribution in [-0.2, 0) is 0 Å². The molecule has 2 nitrogen and oxygen atoms in total. The summed E-state index contributed by atoms with van der Waals surface area (Å²) in [7, 11) is 1.47. The van der Waals surface area contributed by atoms with E-state index in [9.17, 15) is 22.0 Å². The second kappa shape index (κ2) is 5.93. The highest BCUT2D eigenvalue weighted by molar-refractivity contribution is 6.35. The van der Waals surface area contributed by atoms with Crippen LogP contribution in [0.25, 0.3) is 11.1 Å². The number of alkyl halides is 3. The Bertz CT molecular complexity index is 881. The zero-order chi connectivity index (χ0) is 18.4. The van der Waals surface area contributed by atoms with Gasteiger partial charge in [0.25, 0.3) is 0 Å². The highest BCUT2D eigenvalue weighted by Crippen LogP contribution is 2.38. The average molecular weight is 373 g/mol. The van der Waals surface area contributed by atoms with Gasteiger partial charge >= 0.3 is 5.38 Å². The minimum Gasteiger partial charge on any atom is -0.204 e. The summed E-state index contributed by atoms with van der Waals surface area (Å²) >= 11 is 4.97. The van der Waals surface area contributed by atoms with Gasteiger partial charge in [0.15, 0.2) is 28.9 Å². The molecule has 1 atom stereocenters. The quantitative estimate of drug-likeness (QED) is 0.303. The molecular weight excluding hydrogens is 363 g/mol. The maximum atomic E-state index is 13.6. The first-order valence-electron chi connectivity index (χ1n) is 7.01. The molecule has 1 aliphatic rings. The van der Waals surface area contributed by atoms with Gasteiger partial charge in [-0.15, -0.1) is 4.59 Å². The average Bonchev–Trinajstić information content (AvgIpc) is 2.96. The van der Waals surface area contributed by atoms with E-state index < -0.39 is 33.1 Å². The van der Waals surface area contributed by atoms with Crippen molar-refractivity contribution < 1.29 is 22.0 Å². The number of para-hydroxylation sites is 1. The van der Waals surface area contributed by atoms with E-state index in [0.29, 0.717) is 11.3 Å². The van der Waals surface area contributed by atoms with Gasteiger partial charge in [-0.25, -0.2) is 13.2 Å². The van der Waals surface area contributed by atoms with Gasteiger partial charge in [0, 0.05) is 11.6 Å². The molecule has 8 heteroatoms. The van der Waals surface area contributed by atoms with E-state index in [0.717, 1.165) is 12.1 Å². The van der Waals surface area contributed by atoms with Crippen LogP contribution in [0.1, 0.15) is 0 Å². The molecule has 1 aliphatic heterocycles.